The molecular formula is C16H15IN2O3. The van der Waals surface area contributed by atoms with E-state index in [0.717, 1.165) is 3.57 Å². The SMILES string of the molecule is CCOC(=O)c1ccccc1NC(=O)c1ccc(I)cc1N. The van der Waals surface area contributed by atoms with Crippen molar-refractivity contribution in [2.75, 3.05) is 17.7 Å². The van der Waals surface area contributed by atoms with E-state index in [-0.39, 0.29) is 12.5 Å². The smallest absolute Gasteiger partial charge is 0.340 e. The standard InChI is InChI=1S/C16H15IN2O3/c1-2-22-16(21)12-5-3-4-6-14(12)19-15(20)11-8-7-10(17)9-13(11)18/h3-9H,2,18H2,1H3,(H,19,20). The van der Waals surface area contributed by atoms with Crippen LogP contribution in [0.2, 0.25) is 0 Å². The van der Waals surface area contributed by atoms with Gasteiger partial charge in [0, 0.05) is 9.26 Å². The molecule has 0 saturated carbocycles. The summed E-state index contributed by atoms with van der Waals surface area (Å²) >= 11 is 2.12. The van der Waals surface area contributed by atoms with Gasteiger partial charge in [-0.3, -0.25) is 4.79 Å². The topological polar surface area (TPSA) is 81.4 Å². The minimum absolute atomic E-state index is 0.269. The number of ether oxygens (including phenoxy) is 1. The van der Waals surface area contributed by atoms with E-state index in [4.69, 9.17) is 10.5 Å². The van der Waals surface area contributed by atoms with E-state index in [9.17, 15) is 9.59 Å². The Labute approximate surface area is 142 Å². The lowest BCUT2D eigenvalue weighted by molar-refractivity contribution is 0.0527. The van der Waals surface area contributed by atoms with Crippen LogP contribution < -0.4 is 11.1 Å². The van der Waals surface area contributed by atoms with Crippen LogP contribution in [0.5, 0.6) is 0 Å². The van der Waals surface area contributed by atoms with Gasteiger partial charge >= 0.3 is 5.97 Å². The van der Waals surface area contributed by atoms with Crippen molar-refractivity contribution >= 4 is 45.8 Å². The highest BCUT2D eigenvalue weighted by Gasteiger charge is 2.16. The average Bonchev–Trinajstić information content (AvgIpc) is 2.47. The van der Waals surface area contributed by atoms with Crippen LogP contribution in [0.25, 0.3) is 0 Å². The molecule has 114 valence electrons. The number of hydrogen-bond acceptors (Lipinski definition) is 4. The Hall–Kier alpha value is -2.09. The lowest BCUT2D eigenvalue weighted by Gasteiger charge is -2.11. The van der Waals surface area contributed by atoms with Gasteiger partial charge in [-0.05, 0) is 59.8 Å². The fourth-order valence-corrected chi connectivity index (χ4v) is 2.42. The van der Waals surface area contributed by atoms with Gasteiger partial charge in [0.2, 0.25) is 0 Å². The molecule has 0 aromatic heterocycles. The van der Waals surface area contributed by atoms with Crippen LogP contribution in [0.1, 0.15) is 27.6 Å². The minimum Gasteiger partial charge on any atom is -0.462 e. The first-order valence-corrected chi connectivity index (χ1v) is 7.73. The third-order valence-electron chi connectivity index (χ3n) is 2.93. The number of nitrogens with two attached hydrogens (primary N) is 1. The molecule has 6 heteroatoms. The molecule has 0 fully saturated rings. The van der Waals surface area contributed by atoms with Gasteiger partial charge in [0.05, 0.1) is 23.4 Å². The van der Waals surface area contributed by atoms with Gasteiger partial charge in [0.25, 0.3) is 5.91 Å². The average molecular weight is 410 g/mol. The molecule has 0 aliphatic carbocycles. The molecule has 2 aromatic carbocycles. The molecule has 0 bridgehead atoms. The van der Waals surface area contributed by atoms with Gasteiger partial charge in [-0.1, -0.05) is 12.1 Å². The molecule has 0 unspecified atom stereocenters. The number of para-hydroxylation sites is 1. The number of amides is 1. The first-order valence-electron chi connectivity index (χ1n) is 6.65. The number of anilines is 2. The predicted molar refractivity (Wildman–Crippen MR) is 93.9 cm³/mol. The fourth-order valence-electron chi connectivity index (χ4n) is 1.91. The Bertz CT molecular complexity index is 716. The van der Waals surface area contributed by atoms with Gasteiger partial charge in [0.15, 0.2) is 0 Å². The number of halogens is 1. The molecule has 0 aliphatic rings. The maximum atomic E-state index is 12.3. The van der Waals surface area contributed by atoms with Crippen LogP contribution in [0.4, 0.5) is 11.4 Å². The zero-order valence-corrected chi connectivity index (χ0v) is 14.1. The van der Waals surface area contributed by atoms with Crippen molar-refractivity contribution in [1.29, 1.82) is 0 Å². The molecule has 0 radical (unpaired) electrons. The normalized spacial score (nSPS) is 10.1. The second-order valence-corrected chi connectivity index (χ2v) is 5.70. The highest BCUT2D eigenvalue weighted by molar-refractivity contribution is 14.1. The summed E-state index contributed by atoms with van der Waals surface area (Å²) < 4.78 is 5.92. The monoisotopic (exact) mass is 410 g/mol. The van der Waals surface area contributed by atoms with Crippen LogP contribution in [-0.2, 0) is 4.74 Å². The number of rotatable bonds is 4. The third-order valence-corrected chi connectivity index (χ3v) is 3.60. The van der Waals surface area contributed by atoms with E-state index in [0.29, 0.717) is 22.5 Å². The predicted octanol–water partition coefficient (Wildman–Crippen LogP) is 3.30. The Morgan fingerprint density at radius 3 is 2.59 bits per heavy atom. The van der Waals surface area contributed by atoms with Crippen LogP contribution >= 0.6 is 22.6 Å². The van der Waals surface area contributed by atoms with E-state index in [1.165, 1.54) is 0 Å². The largest absolute Gasteiger partial charge is 0.462 e. The van der Waals surface area contributed by atoms with E-state index >= 15 is 0 Å². The number of hydrogen-bond donors (Lipinski definition) is 2. The number of carbonyl (C=O) groups excluding carboxylic acids is 2. The molecule has 0 aliphatic heterocycles. The lowest BCUT2D eigenvalue weighted by atomic mass is 10.1. The molecule has 0 atom stereocenters. The van der Waals surface area contributed by atoms with E-state index < -0.39 is 5.97 Å². The number of carbonyl (C=O) groups is 2. The quantitative estimate of drug-likeness (QED) is 0.461. The molecule has 0 heterocycles. The Morgan fingerprint density at radius 2 is 1.91 bits per heavy atom. The molecule has 5 nitrogen and oxygen atoms in total. The number of nitrogen functional groups attached to an aromatic ring is 1. The summed E-state index contributed by atoms with van der Waals surface area (Å²) in [6.07, 6.45) is 0. The summed E-state index contributed by atoms with van der Waals surface area (Å²) in [5, 5.41) is 2.70. The Morgan fingerprint density at radius 1 is 1.18 bits per heavy atom. The number of esters is 1. The second kappa shape index (κ2) is 7.26. The third kappa shape index (κ3) is 3.76. The highest BCUT2D eigenvalue weighted by atomic mass is 127. The molecule has 0 spiro atoms. The first kappa shape index (κ1) is 16.3. The minimum atomic E-state index is -0.478. The van der Waals surface area contributed by atoms with Crippen molar-refractivity contribution in [2.24, 2.45) is 0 Å². The van der Waals surface area contributed by atoms with Crippen LogP contribution in [-0.4, -0.2) is 18.5 Å². The van der Waals surface area contributed by atoms with Gasteiger partial charge in [-0.25, -0.2) is 4.79 Å². The summed E-state index contributed by atoms with van der Waals surface area (Å²) in [4.78, 5) is 24.2. The van der Waals surface area contributed by atoms with Gasteiger partial charge < -0.3 is 15.8 Å². The molecule has 3 N–H and O–H groups in total. The van der Waals surface area contributed by atoms with E-state index in [1.54, 1.807) is 49.4 Å². The van der Waals surface area contributed by atoms with Gasteiger partial charge in [-0.2, -0.15) is 0 Å². The Kier molecular flexibility index (Phi) is 5.37. The van der Waals surface area contributed by atoms with Crippen molar-refractivity contribution < 1.29 is 14.3 Å². The zero-order valence-electron chi connectivity index (χ0n) is 11.9. The summed E-state index contributed by atoms with van der Waals surface area (Å²) in [7, 11) is 0. The molecule has 2 rings (SSSR count). The van der Waals surface area contributed by atoms with Gasteiger partial charge in [0.1, 0.15) is 0 Å². The van der Waals surface area contributed by atoms with Crippen LogP contribution in [0, 0.1) is 3.57 Å². The summed E-state index contributed by atoms with van der Waals surface area (Å²) in [6.45, 7) is 2.00. The van der Waals surface area contributed by atoms with Crippen molar-refractivity contribution in [3.63, 3.8) is 0 Å². The lowest BCUT2D eigenvalue weighted by Crippen LogP contribution is -2.17. The molecular weight excluding hydrogens is 395 g/mol. The van der Waals surface area contributed by atoms with Crippen molar-refractivity contribution in [3.05, 3.63) is 57.2 Å². The van der Waals surface area contributed by atoms with E-state index in [2.05, 4.69) is 27.9 Å². The second-order valence-electron chi connectivity index (χ2n) is 4.45. The molecule has 1 amide bonds. The zero-order chi connectivity index (χ0) is 16.1. The van der Waals surface area contributed by atoms with Crippen LogP contribution in [0.15, 0.2) is 42.5 Å². The Balaban J connectivity index is 2.27. The number of nitrogens with one attached hydrogen (secondary N) is 1. The molecule has 0 saturated heterocycles. The van der Waals surface area contributed by atoms with Gasteiger partial charge in [-0.15, -0.1) is 0 Å². The highest BCUT2D eigenvalue weighted by Crippen LogP contribution is 2.20. The number of benzene rings is 2. The summed E-state index contributed by atoms with van der Waals surface area (Å²) in [6, 6.07) is 11.9. The van der Waals surface area contributed by atoms with Crippen molar-refractivity contribution in [2.45, 2.75) is 6.92 Å². The van der Waals surface area contributed by atoms with E-state index in [1.807, 2.05) is 0 Å². The maximum Gasteiger partial charge on any atom is 0.340 e. The van der Waals surface area contributed by atoms with Crippen molar-refractivity contribution in [1.82, 2.24) is 0 Å². The fraction of sp³-hybridized carbons (Fsp3) is 0.125. The van der Waals surface area contributed by atoms with Crippen molar-refractivity contribution in [3.8, 4) is 0 Å². The molecule has 2 aromatic rings. The summed E-state index contributed by atoms with van der Waals surface area (Å²) in [5.41, 5.74) is 7.31. The molecule has 22 heavy (non-hydrogen) atoms. The summed E-state index contributed by atoms with van der Waals surface area (Å²) in [5.74, 6) is -0.848. The maximum absolute atomic E-state index is 12.3. The van der Waals surface area contributed by atoms with Crippen LogP contribution in [0.3, 0.4) is 0 Å². The first-order chi connectivity index (χ1) is 10.5.